The number of hydrogen-bond acceptors (Lipinski definition) is 10. The van der Waals surface area contributed by atoms with Gasteiger partial charge in [-0.3, -0.25) is 28.8 Å². The summed E-state index contributed by atoms with van der Waals surface area (Å²) >= 11 is 0. The minimum Gasteiger partial charge on any atom is -0.396 e. The van der Waals surface area contributed by atoms with Crippen molar-refractivity contribution >= 4 is 35.8 Å². The summed E-state index contributed by atoms with van der Waals surface area (Å²) in [5, 5.41) is 26.8. The van der Waals surface area contributed by atoms with Crippen molar-refractivity contribution in [2.45, 2.75) is 102 Å². The first-order valence-corrected chi connectivity index (χ1v) is 25.0. The van der Waals surface area contributed by atoms with Crippen LogP contribution in [0.25, 0.3) is 12.2 Å². The number of aromatic nitrogens is 6. The maximum Gasteiger partial charge on any atom is 0.258 e. The fourth-order valence-corrected chi connectivity index (χ4v) is 11.9. The number of carbonyl (C=O) groups is 4. The molecule has 0 bridgehead atoms. The molecule has 8 heterocycles. The number of nitrogens with one attached hydrogen (secondary N) is 2. The van der Waals surface area contributed by atoms with Crippen LogP contribution in [0.15, 0.2) is 71.1 Å². The molecule has 4 fully saturated rings. The Bertz CT molecular complexity index is 2610. The molecular weight excluding hydrogens is 893 g/mol. The molecule has 10 rings (SSSR count). The van der Waals surface area contributed by atoms with Crippen LogP contribution < -0.4 is 21.8 Å². The molecule has 0 radical (unpaired) electrons. The normalized spacial score (nSPS) is 25.5. The zero-order chi connectivity index (χ0) is 49.4. The fraction of sp³-hybridized carbons (Fsp3) is 0.538. The summed E-state index contributed by atoms with van der Waals surface area (Å²) in [6, 6.07) is 5.08. The zero-order valence-corrected chi connectivity index (χ0v) is 40.5. The van der Waals surface area contributed by atoms with Crippen molar-refractivity contribution < 1.29 is 29.4 Å². The summed E-state index contributed by atoms with van der Waals surface area (Å²) < 4.78 is 7.17. The summed E-state index contributed by atoms with van der Waals surface area (Å²) in [5.41, 5.74) is 4.25. The van der Waals surface area contributed by atoms with Crippen molar-refractivity contribution in [3.8, 4) is 0 Å². The third kappa shape index (κ3) is 8.88. The first-order valence-electron chi connectivity index (χ1n) is 25.0. The van der Waals surface area contributed by atoms with Crippen LogP contribution in [0.1, 0.15) is 98.4 Å². The number of rotatable bonds is 14. The third-order valence-electron chi connectivity index (χ3n) is 15.7. The largest absolute Gasteiger partial charge is 0.396 e. The number of pyridine rings is 2. The smallest absolute Gasteiger partial charge is 0.258 e. The lowest BCUT2D eigenvalue weighted by Gasteiger charge is -2.36. The van der Waals surface area contributed by atoms with Crippen LogP contribution in [0.3, 0.4) is 0 Å². The molecule has 4 aliphatic heterocycles. The fourth-order valence-electron chi connectivity index (χ4n) is 11.9. The second-order valence-electron chi connectivity index (χ2n) is 19.9. The molecule has 2 saturated heterocycles. The molecule has 4 N–H and O–H groups in total. The molecule has 2 aliphatic carbocycles. The van der Waals surface area contributed by atoms with Gasteiger partial charge in [-0.05, 0) is 63.8 Å². The maximum absolute atomic E-state index is 13.7. The molecule has 18 heteroatoms. The van der Waals surface area contributed by atoms with E-state index in [1.165, 1.54) is 0 Å². The van der Waals surface area contributed by atoms with Gasteiger partial charge >= 0.3 is 0 Å². The minimum atomic E-state index is -0.758. The topological polar surface area (TPSA) is 219 Å². The molecular formula is C52H66N10O8. The third-order valence-corrected chi connectivity index (χ3v) is 15.7. The second kappa shape index (κ2) is 20.5. The first kappa shape index (κ1) is 48.6. The maximum atomic E-state index is 13.7. The summed E-state index contributed by atoms with van der Waals surface area (Å²) in [6.07, 6.45) is 20.9. The lowest BCUT2D eigenvalue weighted by molar-refractivity contribution is -0.147. The van der Waals surface area contributed by atoms with Gasteiger partial charge in [-0.2, -0.15) is 0 Å². The molecule has 0 spiro atoms. The van der Waals surface area contributed by atoms with Crippen molar-refractivity contribution in [2.75, 3.05) is 26.3 Å². The molecule has 8 atom stereocenters. The van der Waals surface area contributed by atoms with Crippen molar-refractivity contribution in [3.63, 3.8) is 0 Å². The average molecular weight is 959 g/mol. The van der Waals surface area contributed by atoms with Gasteiger partial charge in [-0.1, -0.05) is 37.1 Å². The predicted molar refractivity (Wildman–Crippen MR) is 260 cm³/mol. The van der Waals surface area contributed by atoms with Crippen molar-refractivity contribution in [2.24, 2.45) is 49.6 Å². The SMILES string of the molecule is C/C=C/c1ccc2n(c1=O)C[C@H]1[C@H](CO)[C@@H](C(=O)NCCc3cn(C)cn3)N(C(=O)C3CCC3)[C@@H]21.C/C=C\c1ccc2n(c1=O)C[C@H]1[C@H](CO)[C@@H](C(=O)NCCc3cn(C)cn3)N(C(=O)C3CCC3)[C@@H]21. The molecule has 4 amide bonds. The van der Waals surface area contributed by atoms with E-state index in [1.54, 1.807) is 55.9 Å². The van der Waals surface area contributed by atoms with Gasteiger partial charge in [0.25, 0.3) is 11.1 Å². The standard InChI is InChI=1S/2C26H33N5O4/c2*1-3-5-16-8-9-21-22-19(13-30(21)25(16)34)20(14-32)23(31(22)26(35)17-6-4-7-17)24(33)27-11-10-18-12-29(2)15-28-18/h2*3,5,8-9,12,15,17,19-20,22-23,32H,4,6-7,10-11,13-14H2,1-2H3,(H,27,33)/b5-3+;5-3-/t2*19-,20-,22+,23-/m00/s1. The van der Waals surface area contributed by atoms with Gasteiger partial charge in [0.1, 0.15) is 12.1 Å². The molecule has 372 valence electrons. The number of hydrogen-bond donors (Lipinski definition) is 4. The van der Waals surface area contributed by atoms with E-state index in [9.17, 15) is 39.0 Å². The lowest BCUT2D eigenvalue weighted by atomic mass is 9.84. The minimum absolute atomic E-state index is 0.0366. The summed E-state index contributed by atoms with van der Waals surface area (Å²) in [4.78, 5) is 92.5. The molecule has 70 heavy (non-hydrogen) atoms. The Morgan fingerprint density at radius 3 is 1.36 bits per heavy atom. The van der Waals surface area contributed by atoms with E-state index in [0.29, 0.717) is 50.1 Å². The molecule has 4 aromatic heterocycles. The molecule has 0 unspecified atom stereocenters. The highest BCUT2D eigenvalue weighted by Crippen LogP contribution is 2.52. The van der Waals surface area contributed by atoms with Gasteiger partial charge in [0, 0.05) is 137 Å². The number of aliphatic hydroxyl groups is 2. The van der Waals surface area contributed by atoms with Gasteiger partial charge in [-0.15, -0.1) is 0 Å². The van der Waals surface area contributed by atoms with Gasteiger partial charge in [0.05, 0.1) is 36.1 Å². The van der Waals surface area contributed by atoms with E-state index < -0.39 is 23.9 Å². The van der Waals surface area contributed by atoms with Gasteiger partial charge in [0.15, 0.2) is 0 Å². The lowest BCUT2D eigenvalue weighted by Crippen LogP contribution is -2.52. The van der Waals surface area contributed by atoms with Crippen LogP contribution >= 0.6 is 0 Å². The predicted octanol–water partition coefficient (Wildman–Crippen LogP) is 2.53. The van der Waals surface area contributed by atoms with Crippen LogP contribution in [0.5, 0.6) is 0 Å². The molecule has 4 aromatic rings. The van der Waals surface area contributed by atoms with E-state index in [1.807, 2.05) is 73.8 Å². The van der Waals surface area contributed by atoms with Crippen molar-refractivity contribution in [1.29, 1.82) is 0 Å². The summed E-state index contributed by atoms with van der Waals surface area (Å²) in [6.45, 7) is 4.86. The Morgan fingerprint density at radius 1 is 0.643 bits per heavy atom. The number of likely N-dealkylation sites (tertiary alicyclic amines) is 2. The zero-order valence-electron chi connectivity index (χ0n) is 40.5. The van der Waals surface area contributed by atoms with E-state index >= 15 is 0 Å². The highest BCUT2D eigenvalue weighted by molar-refractivity contribution is 5.91. The number of imidazole rings is 2. The monoisotopic (exact) mass is 959 g/mol. The van der Waals surface area contributed by atoms with E-state index in [2.05, 4.69) is 20.6 Å². The molecule has 18 nitrogen and oxygen atoms in total. The van der Waals surface area contributed by atoms with Crippen LogP contribution in [0, 0.1) is 35.5 Å². The Hall–Kier alpha value is -6.40. The van der Waals surface area contributed by atoms with Crippen molar-refractivity contribution in [1.82, 2.24) is 48.7 Å². The van der Waals surface area contributed by atoms with Crippen LogP contribution in [-0.4, -0.2) is 110 Å². The highest BCUT2D eigenvalue weighted by Gasteiger charge is 2.59. The highest BCUT2D eigenvalue weighted by atomic mass is 16.3. The Morgan fingerprint density at radius 2 is 1.04 bits per heavy atom. The Balaban J connectivity index is 0.000000174. The van der Waals surface area contributed by atoms with Gasteiger partial charge in [-0.25, -0.2) is 9.97 Å². The average Bonchev–Trinajstić information content (AvgIpc) is 4.16. The number of carbonyl (C=O) groups excluding carboxylic acids is 4. The number of amides is 4. The number of fused-ring (bicyclic) bond motifs is 6. The number of allylic oxidation sites excluding steroid dienone is 2. The quantitative estimate of drug-likeness (QED) is 0.145. The van der Waals surface area contributed by atoms with E-state index in [-0.39, 0.29) is 83.7 Å². The summed E-state index contributed by atoms with van der Waals surface area (Å²) in [5.74, 6) is -2.03. The van der Waals surface area contributed by atoms with Crippen LogP contribution in [0.2, 0.25) is 0 Å². The van der Waals surface area contributed by atoms with Crippen LogP contribution in [-0.2, 0) is 59.2 Å². The van der Waals surface area contributed by atoms with Gasteiger partial charge < -0.3 is 48.9 Å². The van der Waals surface area contributed by atoms with Crippen LogP contribution in [0.4, 0.5) is 0 Å². The number of aryl methyl sites for hydroxylation is 2. The number of nitrogens with zero attached hydrogens (tertiary/aromatic N) is 8. The second-order valence-corrected chi connectivity index (χ2v) is 19.9. The van der Waals surface area contributed by atoms with E-state index in [4.69, 9.17) is 0 Å². The summed E-state index contributed by atoms with van der Waals surface area (Å²) in [7, 11) is 3.79. The van der Waals surface area contributed by atoms with Gasteiger partial charge in [0.2, 0.25) is 23.6 Å². The molecule has 2 saturated carbocycles. The molecule has 0 aromatic carbocycles. The first-order chi connectivity index (χ1) is 33.9. The Kier molecular flexibility index (Phi) is 14.2. The Labute approximate surface area is 407 Å². The van der Waals surface area contributed by atoms with E-state index in [0.717, 1.165) is 61.3 Å². The number of aliphatic hydroxyl groups excluding tert-OH is 2. The molecule has 6 aliphatic rings. The van der Waals surface area contributed by atoms with Crippen molar-refractivity contribution in [3.05, 3.63) is 116 Å².